The lowest BCUT2D eigenvalue weighted by molar-refractivity contribution is -0.114. The van der Waals surface area contributed by atoms with Gasteiger partial charge >= 0.3 is 0 Å². The highest BCUT2D eigenvalue weighted by Gasteiger charge is 2.10. The number of hydrogen-bond acceptors (Lipinski definition) is 5. The molecule has 0 spiro atoms. The number of amides is 2. The van der Waals surface area contributed by atoms with Gasteiger partial charge in [-0.05, 0) is 24.3 Å². The van der Waals surface area contributed by atoms with Crippen molar-refractivity contribution < 1.29 is 9.59 Å². The molecule has 138 valence electrons. The van der Waals surface area contributed by atoms with Gasteiger partial charge in [-0.2, -0.15) is 0 Å². The third-order valence-electron chi connectivity index (χ3n) is 3.45. The number of thioether (sulfide) groups is 1. The van der Waals surface area contributed by atoms with E-state index >= 15 is 0 Å². The lowest BCUT2D eigenvalue weighted by atomic mass is 10.2. The van der Waals surface area contributed by atoms with Crippen molar-refractivity contribution in [2.24, 2.45) is 0 Å². The molecule has 1 heterocycles. The van der Waals surface area contributed by atoms with Crippen LogP contribution in [0.3, 0.4) is 0 Å². The Morgan fingerprint density at radius 2 is 1.85 bits per heavy atom. The first-order chi connectivity index (χ1) is 13.0. The van der Waals surface area contributed by atoms with E-state index < -0.39 is 0 Å². The summed E-state index contributed by atoms with van der Waals surface area (Å²) in [4.78, 5) is 28.8. The Morgan fingerprint density at radius 3 is 2.59 bits per heavy atom. The summed E-state index contributed by atoms with van der Waals surface area (Å²) in [5.74, 6) is -0.0610. The number of carbonyl (C=O) groups excluding carboxylic acids is 2. The molecule has 2 amide bonds. The molecule has 0 fully saturated rings. The smallest absolute Gasteiger partial charge is 0.236 e. The minimum atomic E-state index is -0.144. The molecule has 0 aliphatic rings. The van der Waals surface area contributed by atoms with E-state index in [0.29, 0.717) is 10.8 Å². The molecule has 0 aliphatic carbocycles. The number of hydrogen-bond donors (Lipinski definition) is 2. The lowest BCUT2D eigenvalue weighted by Gasteiger charge is -2.09. The molecular formula is C19H16BrN3O2S2. The van der Waals surface area contributed by atoms with Crippen molar-refractivity contribution in [2.45, 2.75) is 11.8 Å². The van der Waals surface area contributed by atoms with Crippen molar-refractivity contribution in [3.63, 3.8) is 0 Å². The summed E-state index contributed by atoms with van der Waals surface area (Å²) in [6, 6.07) is 15.3. The van der Waals surface area contributed by atoms with E-state index in [1.165, 1.54) is 30.0 Å². The number of halogens is 1. The van der Waals surface area contributed by atoms with Crippen LogP contribution in [0.2, 0.25) is 0 Å². The molecule has 0 aliphatic heterocycles. The van der Waals surface area contributed by atoms with Crippen molar-refractivity contribution in [1.29, 1.82) is 0 Å². The summed E-state index contributed by atoms with van der Waals surface area (Å²) in [6.45, 7) is 1.46. The van der Waals surface area contributed by atoms with Gasteiger partial charge < -0.3 is 10.6 Å². The van der Waals surface area contributed by atoms with Crippen molar-refractivity contribution in [3.8, 4) is 11.3 Å². The number of carbonyl (C=O) groups is 2. The Labute approximate surface area is 173 Å². The van der Waals surface area contributed by atoms with Gasteiger partial charge in [0.1, 0.15) is 0 Å². The van der Waals surface area contributed by atoms with Crippen molar-refractivity contribution in [1.82, 2.24) is 4.98 Å². The molecule has 27 heavy (non-hydrogen) atoms. The molecule has 3 aromatic rings. The first-order valence-electron chi connectivity index (χ1n) is 8.02. The molecule has 0 saturated carbocycles. The zero-order chi connectivity index (χ0) is 19.2. The van der Waals surface area contributed by atoms with E-state index in [2.05, 4.69) is 31.5 Å². The largest absolute Gasteiger partial charge is 0.325 e. The van der Waals surface area contributed by atoms with Gasteiger partial charge in [-0.3, -0.25) is 9.59 Å². The van der Waals surface area contributed by atoms with E-state index in [4.69, 9.17) is 0 Å². The summed E-state index contributed by atoms with van der Waals surface area (Å²) >= 11 is 6.17. The van der Waals surface area contributed by atoms with E-state index in [9.17, 15) is 9.59 Å². The predicted molar refractivity (Wildman–Crippen MR) is 115 cm³/mol. The number of nitrogens with zero attached hydrogens (tertiary/aromatic N) is 1. The van der Waals surface area contributed by atoms with Gasteiger partial charge in [-0.1, -0.05) is 40.2 Å². The predicted octanol–water partition coefficient (Wildman–Crippen LogP) is 5.26. The van der Waals surface area contributed by atoms with Crippen LogP contribution in [-0.4, -0.2) is 22.6 Å². The number of nitrogens with one attached hydrogen (secondary N) is 2. The minimum Gasteiger partial charge on any atom is -0.325 e. The fraction of sp³-hybridized carbons (Fsp3) is 0.105. The molecule has 3 rings (SSSR count). The Hall–Kier alpha value is -2.16. The van der Waals surface area contributed by atoms with E-state index in [1.807, 2.05) is 53.9 Å². The maximum Gasteiger partial charge on any atom is 0.236 e. The monoisotopic (exact) mass is 461 g/mol. The summed E-state index contributed by atoms with van der Waals surface area (Å²) in [5, 5.41) is 8.07. The fourth-order valence-corrected chi connectivity index (χ4v) is 4.08. The second kappa shape index (κ2) is 9.16. The van der Waals surface area contributed by atoms with Crippen LogP contribution in [-0.2, 0) is 9.59 Å². The molecule has 2 aromatic carbocycles. The minimum absolute atomic E-state index is 0.143. The number of thiazole rings is 1. The highest BCUT2D eigenvalue weighted by molar-refractivity contribution is 9.10. The van der Waals surface area contributed by atoms with Crippen LogP contribution < -0.4 is 10.6 Å². The Morgan fingerprint density at radius 1 is 1.11 bits per heavy atom. The van der Waals surface area contributed by atoms with Gasteiger partial charge in [0.05, 0.1) is 17.1 Å². The second-order valence-electron chi connectivity index (χ2n) is 5.56. The molecule has 1 aromatic heterocycles. The molecule has 0 atom stereocenters. The summed E-state index contributed by atoms with van der Waals surface area (Å²) in [7, 11) is 0. The van der Waals surface area contributed by atoms with Gasteiger partial charge in [-0.15, -0.1) is 23.1 Å². The number of anilines is 2. The van der Waals surface area contributed by atoms with Crippen molar-refractivity contribution in [3.05, 3.63) is 58.4 Å². The zero-order valence-electron chi connectivity index (χ0n) is 14.4. The zero-order valence-corrected chi connectivity index (χ0v) is 17.6. The van der Waals surface area contributed by atoms with Crippen molar-refractivity contribution in [2.75, 3.05) is 16.4 Å². The first kappa shape index (κ1) is 19.6. The van der Waals surface area contributed by atoms with Gasteiger partial charge in [0.2, 0.25) is 11.8 Å². The number of rotatable bonds is 6. The van der Waals surface area contributed by atoms with E-state index in [0.717, 1.165) is 20.6 Å². The topological polar surface area (TPSA) is 71.1 Å². The van der Waals surface area contributed by atoms with Crippen LogP contribution in [0.25, 0.3) is 11.3 Å². The Balaban J connectivity index is 1.59. The van der Waals surface area contributed by atoms with Crippen LogP contribution in [0, 0.1) is 0 Å². The molecule has 0 radical (unpaired) electrons. The summed E-state index contributed by atoms with van der Waals surface area (Å²) in [5.41, 5.74) is 2.52. The van der Waals surface area contributed by atoms with Crippen LogP contribution >= 0.6 is 39.0 Å². The third-order valence-corrected chi connectivity index (χ3v) is 5.81. The number of aromatic nitrogens is 1. The van der Waals surface area contributed by atoms with Crippen LogP contribution in [0.4, 0.5) is 10.8 Å². The standard InChI is InChI=1S/C19H16BrN3O2S2/c1-12(24)21-15-4-2-3-5-17(15)26-11-18(25)23-19-22-16(10-27-19)13-6-8-14(20)9-7-13/h2-10H,11H2,1H3,(H,21,24)(H,22,23,25). The molecule has 5 nitrogen and oxygen atoms in total. The molecule has 8 heteroatoms. The Bertz CT molecular complexity index is 958. The normalized spacial score (nSPS) is 10.4. The van der Waals surface area contributed by atoms with E-state index in [-0.39, 0.29) is 17.6 Å². The van der Waals surface area contributed by atoms with Crippen LogP contribution in [0.15, 0.2) is 63.3 Å². The molecule has 2 N–H and O–H groups in total. The van der Waals surface area contributed by atoms with Crippen LogP contribution in [0.5, 0.6) is 0 Å². The lowest BCUT2D eigenvalue weighted by Crippen LogP contribution is -2.14. The van der Waals surface area contributed by atoms with Crippen LogP contribution in [0.1, 0.15) is 6.92 Å². The molecule has 0 bridgehead atoms. The highest BCUT2D eigenvalue weighted by Crippen LogP contribution is 2.28. The fourth-order valence-electron chi connectivity index (χ4n) is 2.27. The number of para-hydroxylation sites is 1. The summed E-state index contributed by atoms with van der Waals surface area (Å²) in [6.07, 6.45) is 0. The average Bonchev–Trinajstić information content (AvgIpc) is 3.09. The summed E-state index contributed by atoms with van der Waals surface area (Å²) < 4.78 is 1.01. The molecule has 0 saturated heterocycles. The average molecular weight is 462 g/mol. The maximum absolute atomic E-state index is 12.3. The Kier molecular flexibility index (Phi) is 6.65. The maximum atomic E-state index is 12.3. The highest BCUT2D eigenvalue weighted by atomic mass is 79.9. The van der Waals surface area contributed by atoms with Crippen molar-refractivity contribution >= 4 is 61.7 Å². The third kappa shape index (κ3) is 5.66. The van der Waals surface area contributed by atoms with E-state index in [1.54, 1.807) is 0 Å². The van der Waals surface area contributed by atoms with Gasteiger partial charge in [0, 0.05) is 27.2 Å². The van der Waals surface area contributed by atoms with Gasteiger partial charge in [-0.25, -0.2) is 4.98 Å². The SMILES string of the molecule is CC(=O)Nc1ccccc1SCC(=O)Nc1nc(-c2ccc(Br)cc2)cs1. The van der Waals surface area contributed by atoms with Gasteiger partial charge in [0.15, 0.2) is 5.13 Å². The molecule has 0 unspecified atom stereocenters. The molecular weight excluding hydrogens is 446 g/mol. The van der Waals surface area contributed by atoms with Gasteiger partial charge in [0.25, 0.3) is 0 Å². The first-order valence-corrected chi connectivity index (χ1v) is 10.7. The quantitative estimate of drug-likeness (QED) is 0.490. The number of benzene rings is 2. The second-order valence-corrected chi connectivity index (χ2v) is 8.35.